The SMILES string of the molecule is CC(C)(C)OC(=O)NCC[C@@H]1Cc2ccccc2[C@H](c2ccc(Cl)c(Cl)c2)C1.CC(C)(C)OC(=O)NCC[C@H]1Cc2ccccc2[C@@H](c2ccc(Cl)c(Cl)c2)C1. The van der Waals surface area contributed by atoms with E-state index in [1.54, 1.807) is 0 Å². The summed E-state index contributed by atoms with van der Waals surface area (Å²) in [5.41, 5.74) is 6.87. The fourth-order valence-corrected chi connectivity index (χ4v) is 8.36. The van der Waals surface area contributed by atoms with Crippen molar-refractivity contribution in [3.05, 3.63) is 138 Å². The normalized spacial score (nSPS) is 19.0. The Morgan fingerprint density at radius 2 is 0.946 bits per heavy atom. The molecule has 0 aliphatic heterocycles. The predicted molar refractivity (Wildman–Crippen MR) is 231 cm³/mol. The molecule has 0 saturated carbocycles. The number of nitrogens with one attached hydrogen (secondary N) is 2. The van der Waals surface area contributed by atoms with Crippen LogP contribution in [0.25, 0.3) is 0 Å². The van der Waals surface area contributed by atoms with Crippen LogP contribution in [-0.4, -0.2) is 36.5 Å². The first-order valence-corrected chi connectivity index (χ1v) is 21.0. The van der Waals surface area contributed by atoms with Crippen LogP contribution in [0, 0.1) is 11.8 Å². The molecule has 0 heterocycles. The van der Waals surface area contributed by atoms with Crippen LogP contribution in [-0.2, 0) is 22.3 Å². The minimum Gasteiger partial charge on any atom is -0.444 e. The number of ether oxygens (including phenoxy) is 2. The van der Waals surface area contributed by atoms with Gasteiger partial charge in [0.25, 0.3) is 0 Å². The molecule has 4 aromatic carbocycles. The summed E-state index contributed by atoms with van der Waals surface area (Å²) in [6.07, 6.45) is 5.18. The van der Waals surface area contributed by atoms with Gasteiger partial charge in [0.15, 0.2) is 0 Å². The van der Waals surface area contributed by atoms with Crippen molar-refractivity contribution in [1.82, 2.24) is 10.6 Å². The van der Waals surface area contributed by atoms with Gasteiger partial charge in [-0.1, -0.05) is 107 Å². The Kier molecular flexibility index (Phi) is 15.1. The Labute approximate surface area is 352 Å². The number of amides is 2. The van der Waals surface area contributed by atoms with E-state index in [0.717, 1.165) is 38.5 Å². The predicted octanol–water partition coefficient (Wildman–Crippen LogP) is 13.2. The Morgan fingerprint density at radius 1 is 0.571 bits per heavy atom. The van der Waals surface area contributed by atoms with E-state index in [2.05, 4.69) is 71.3 Å². The van der Waals surface area contributed by atoms with Gasteiger partial charge in [0.1, 0.15) is 11.2 Å². The lowest BCUT2D eigenvalue weighted by atomic mass is 9.73. The van der Waals surface area contributed by atoms with E-state index in [4.69, 9.17) is 55.9 Å². The van der Waals surface area contributed by atoms with E-state index in [0.29, 0.717) is 45.0 Å². The average molecular weight is 841 g/mol. The maximum absolute atomic E-state index is 11.9. The third-order valence-corrected chi connectivity index (χ3v) is 11.6. The summed E-state index contributed by atoms with van der Waals surface area (Å²) in [7, 11) is 0. The van der Waals surface area contributed by atoms with Crippen LogP contribution in [0.1, 0.15) is 112 Å². The molecular weight excluding hydrogens is 786 g/mol. The zero-order valence-electron chi connectivity index (χ0n) is 33.2. The molecule has 2 aliphatic rings. The molecule has 300 valence electrons. The summed E-state index contributed by atoms with van der Waals surface area (Å²) < 4.78 is 10.6. The molecule has 0 unspecified atom stereocenters. The molecule has 0 aromatic heterocycles. The number of hydrogen-bond acceptors (Lipinski definition) is 4. The smallest absolute Gasteiger partial charge is 0.407 e. The number of alkyl carbamates (subject to hydrolysis) is 2. The average Bonchev–Trinajstić information content (AvgIpc) is 3.12. The Bertz CT molecular complexity index is 1830. The standard InChI is InChI=1S/2C23H27Cl2NO2/c2*1-23(2,3)28-22(27)26-11-10-15-12-16-6-4-5-7-18(16)19(13-15)17-8-9-20(24)21(25)14-17/h2*4-9,14-15,19H,10-13H2,1-3H3,(H,26,27)/t2*15-,19+/m10/s1. The van der Waals surface area contributed by atoms with Crippen LogP contribution in [0.3, 0.4) is 0 Å². The summed E-state index contributed by atoms with van der Waals surface area (Å²) in [6, 6.07) is 29.0. The molecule has 0 radical (unpaired) electrons. The summed E-state index contributed by atoms with van der Waals surface area (Å²) in [6.45, 7) is 12.4. The molecule has 0 bridgehead atoms. The van der Waals surface area contributed by atoms with Crippen molar-refractivity contribution in [3.63, 3.8) is 0 Å². The number of rotatable bonds is 8. The highest BCUT2D eigenvalue weighted by Crippen LogP contribution is 2.43. The summed E-state index contributed by atoms with van der Waals surface area (Å²) in [4.78, 5) is 23.8. The molecule has 0 saturated heterocycles. The first kappa shape index (κ1) is 43.7. The molecule has 2 amide bonds. The lowest BCUT2D eigenvalue weighted by Crippen LogP contribution is -2.34. The zero-order chi connectivity index (χ0) is 40.6. The number of hydrogen-bond donors (Lipinski definition) is 2. The summed E-state index contributed by atoms with van der Waals surface area (Å²) >= 11 is 24.8. The van der Waals surface area contributed by atoms with Gasteiger partial charge in [0.05, 0.1) is 20.1 Å². The van der Waals surface area contributed by atoms with Crippen molar-refractivity contribution in [2.45, 2.75) is 103 Å². The molecular formula is C46H54Cl4N2O4. The van der Waals surface area contributed by atoms with Gasteiger partial charge in [0, 0.05) is 24.9 Å². The van der Waals surface area contributed by atoms with E-state index < -0.39 is 11.2 Å². The molecule has 4 aromatic rings. The zero-order valence-corrected chi connectivity index (χ0v) is 36.2. The maximum Gasteiger partial charge on any atom is 0.407 e. The third-order valence-electron chi connectivity index (χ3n) is 10.1. The van der Waals surface area contributed by atoms with Gasteiger partial charge in [-0.2, -0.15) is 0 Å². The van der Waals surface area contributed by atoms with Gasteiger partial charge < -0.3 is 20.1 Å². The molecule has 4 atom stereocenters. The van der Waals surface area contributed by atoms with Crippen molar-refractivity contribution in [3.8, 4) is 0 Å². The first-order valence-electron chi connectivity index (χ1n) is 19.4. The lowest BCUT2D eigenvalue weighted by molar-refractivity contribution is 0.0513. The van der Waals surface area contributed by atoms with Crippen molar-refractivity contribution in [2.75, 3.05) is 13.1 Å². The molecule has 0 spiro atoms. The minimum atomic E-state index is -0.479. The highest BCUT2D eigenvalue weighted by molar-refractivity contribution is 6.42. The maximum atomic E-state index is 11.9. The van der Waals surface area contributed by atoms with E-state index in [-0.39, 0.29) is 24.0 Å². The van der Waals surface area contributed by atoms with Crippen LogP contribution >= 0.6 is 46.4 Å². The van der Waals surface area contributed by atoms with E-state index in [1.165, 1.54) is 33.4 Å². The van der Waals surface area contributed by atoms with Gasteiger partial charge in [-0.3, -0.25) is 0 Å². The van der Waals surface area contributed by atoms with Crippen molar-refractivity contribution < 1.29 is 19.1 Å². The van der Waals surface area contributed by atoms with E-state index in [9.17, 15) is 9.59 Å². The van der Waals surface area contributed by atoms with Gasteiger partial charge in [-0.15, -0.1) is 0 Å². The van der Waals surface area contributed by atoms with Crippen LogP contribution in [0.15, 0.2) is 84.9 Å². The van der Waals surface area contributed by atoms with E-state index >= 15 is 0 Å². The quantitative estimate of drug-likeness (QED) is 0.185. The van der Waals surface area contributed by atoms with Crippen molar-refractivity contribution in [2.24, 2.45) is 11.8 Å². The molecule has 56 heavy (non-hydrogen) atoms. The van der Waals surface area contributed by atoms with Gasteiger partial charge in [0.2, 0.25) is 0 Å². The topological polar surface area (TPSA) is 76.7 Å². The number of benzene rings is 4. The Hall–Kier alpha value is -3.42. The Morgan fingerprint density at radius 3 is 1.30 bits per heavy atom. The van der Waals surface area contributed by atoms with Crippen molar-refractivity contribution in [1.29, 1.82) is 0 Å². The summed E-state index contributed by atoms with van der Waals surface area (Å²) in [5.74, 6) is 1.52. The fraction of sp³-hybridized carbons (Fsp3) is 0.435. The number of carbonyl (C=O) groups excluding carboxylic acids is 2. The largest absolute Gasteiger partial charge is 0.444 e. The van der Waals surface area contributed by atoms with Gasteiger partial charge >= 0.3 is 12.2 Å². The third kappa shape index (κ3) is 12.8. The fourth-order valence-electron chi connectivity index (χ4n) is 7.74. The number of halogens is 4. The number of fused-ring (bicyclic) bond motifs is 2. The molecule has 10 heteroatoms. The second kappa shape index (κ2) is 19.4. The molecule has 0 fully saturated rings. The van der Waals surface area contributed by atoms with Gasteiger partial charge in [-0.25, -0.2) is 9.59 Å². The first-order chi connectivity index (χ1) is 26.5. The minimum absolute atomic E-state index is 0.284. The summed E-state index contributed by atoms with van der Waals surface area (Å²) in [5, 5.41) is 8.09. The second-order valence-electron chi connectivity index (χ2n) is 16.9. The molecule has 2 aliphatic carbocycles. The van der Waals surface area contributed by atoms with Crippen LogP contribution in [0.4, 0.5) is 9.59 Å². The lowest BCUT2D eigenvalue weighted by Gasteiger charge is -2.32. The monoisotopic (exact) mass is 838 g/mol. The van der Waals surface area contributed by atoms with E-state index in [1.807, 2.05) is 65.8 Å². The van der Waals surface area contributed by atoms with Crippen LogP contribution in [0.2, 0.25) is 20.1 Å². The van der Waals surface area contributed by atoms with Crippen LogP contribution in [0.5, 0.6) is 0 Å². The van der Waals surface area contributed by atoms with Crippen LogP contribution < -0.4 is 10.6 Å². The van der Waals surface area contributed by atoms with Gasteiger partial charge in [-0.05, 0) is 150 Å². The highest BCUT2D eigenvalue weighted by atomic mass is 35.5. The molecule has 2 N–H and O–H groups in total. The molecule has 6 nitrogen and oxygen atoms in total. The molecule has 6 rings (SSSR count). The number of carbonyl (C=O) groups is 2. The highest BCUT2D eigenvalue weighted by Gasteiger charge is 2.30. The second-order valence-corrected chi connectivity index (χ2v) is 18.5. The Balaban J connectivity index is 0.000000214. The van der Waals surface area contributed by atoms with Crippen molar-refractivity contribution >= 4 is 58.6 Å².